The van der Waals surface area contributed by atoms with Crippen molar-refractivity contribution < 1.29 is 19.1 Å². The lowest BCUT2D eigenvalue weighted by atomic mass is 10.1. The minimum Gasteiger partial charge on any atom is -0.493 e. The average Bonchev–Trinajstić information content (AvgIpc) is 3.22. The SMILES string of the molecule is COc1ccc(CC(=O)NCCCc2nc3ccccc3n2CC(=O)N(CC(C)C)CC(C)C)cc1OC. The number of benzene rings is 2. The smallest absolute Gasteiger partial charge is 0.242 e. The lowest BCUT2D eigenvalue weighted by molar-refractivity contribution is -0.132. The van der Waals surface area contributed by atoms with E-state index < -0.39 is 0 Å². The molecule has 2 aromatic carbocycles. The van der Waals surface area contributed by atoms with Crippen LogP contribution >= 0.6 is 0 Å². The molecule has 0 aliphatic heterocycles. The molecule has 0 saturated carbocycles. The maximum atomic E-state index is 13.4. The summed E-state index contributed by atoms with van der Waals surface area (Å²) in [5, 5.41) is 3.00. The molecule has 0 radical (unpaired) electrons. The lowest BCUT2D eigenvalue weighted by Crippen LogP contribution is -2.39. The molecule has 1 aromatic heterocycles. The summed E-state index contributed by atoms with van der Waals surface area (Å²) in [5.74, 6) is 2.96. The molecule has 0 atom stereocenters. The maximum absolute atomic E-state index is 13.4. The predicted molar refractivity (Wildman–Crippen MR) is 151 cm³/mol. The fraction of sp³-hybridized carbons (Fsp3) is 0.500. The third kappa shape index (κ3) is 7.97. The van der Waals surface area contributed by atoms with Crippen molar-refractivity contribution in [1.29, 1.82) is 0 Å². The highest BCUT2D eigenvalue weighted by atomic mass is 16.5. The summed E-state index contributed by atoms with van der Waals surface area (Å²) in [7, 11) is 3.16. The Morgan fingerprint density at radius 2 is 1.66 bits per heavy atom. The molecule has 3 aromatic rings. The molecule has 0 aliphatic rings. The van der Waals surface area contributed by atoms with Crippen LogP contribution in [0.15, 0.2) is 42.5 Å². The summed E-state index contributed by atoms with van der Waals surface area (Å²) in [6, 6.07) is 13.4. The van der Waals surface area contributed by atoms with E-state index in [4.69, 9.17) is 14.5 Å². The van der Waals surface area contributed by atoms with E-state index in [-0.39, 0.29) is 24.8 Å². The van der Waals surface area contributed by atoms with Crippen LogP contribution in [0.3, 0.4) is 0 Å². The van der Waals surface area contributed by atoms with Crippen LogP contribution < -0.4 is 14.8 Å². The zero-order chi connectivity index (χ0) is 27.7. The van der Waals surface area contributed by atoms with E-state index in [0.29, 0.717) is 36.3 Å². The number of hydrogen-bond donors (Lipinski definition) is 1. The Labute approximate surface area is 226 Å². The molecular formula is C30H42N4O4. The second kappa shape index (κ2) is 13.8. The van der Waals surface area contributed by atoms with E-state index >= 15 is 0 Å². The van der Waals surface area contributed by atoms with E-state index in [1.807, 2.05) is 45.9 Å². The molecule has 0 unspecified atom stereocenters. The van der Waals surface area contributed by atoms with Crippen molar-refractivity contribution in [2.45, 2.75) is 53.5 Å². The minimum absolute atomic E-state index is 0.0566. The number of carbonyl (C=O) groups is 2. The van der Waals surface area contributed by atoms with Gasteiger partial charge in [0.2, 0.25) is 11.8 Å². The molecule has 0 saturated heterocycles. The van der Waals surface area contributed by atoms with E-state index in [9.17, 15) is 9.59 Å². The van der Waals surface area contributed by atoms with Crippen LogP contribution in [0.5, 0.6) is 11.5 Å². The standard InChI is InChI=1S/C30H42N4O4/c1-21(2)18-33(19-22(3)4)30(36)20-34-25-11-8-7-10-24(25)32-28(34)12-9-15-31-29(35)17-23-13-14-26(37-5)27(16-23)38-6/h7-8,10-11,13-14,16,21-22H,9,12,15,17-20H2,1-6H3,(H,31,35). The number of amides is 2. The Balaban J connectivity index is 1.63. The maximum Gasteiger partial charge on any atom is 0.242 e. The molecular weight excluding hydrogens is 480 g/mol. The summed E-state index contributed by atoms with van der Waals surface area (Å²) in [4.78, 5) is 32.7. The van der Waals surface area contributed by atoms with Crippen LogP contribution in [-0.4, -0.2) is 60.1 Å². The quantitative estimate of drug-likeness (QED) is 0.316. The van der Waals surface area contributed by atoms with Gasteiger partial charge in [0.15, 0.2) is 11.5 Å². The molecule has 8 heteroatoms. The highest BCUT2D eigenvalue weighted by Crippen LogP contribution is 2.27. The largest absolute Gasteiger partial charge is 0.493 e. The predicted octanol–water partition coefficient (Wildman–Crippen LogP) is 4.49. The third-order valence-corrected chi connectivity index (χ3v) is 6.26. The Hall–Kier alpha value is -3.55. The topological polar surface area (TPSA) is 85.7 Å². The second-order valence-corrected chi connectivity index (χ2v) is 10.5. The number of imidazole rings is 1. The minimum atomic E-state index is -0.0566. The first-order valence-electron chi connectivity index (χ1n) is 13.4. The van der Waals surface area contributed by atoms with Gasteiger partial charge in [-0.3, -0.25) is 9.59 Å². The van der Waals surface area contributed by atoms with Gasteiger partial charge in [-0.15, -0.1) is 0 Å². The van der Waals surface area contributed by atoms with Gasteiger partial charge in [0.1, 0.15) is 12.4 Å². The molecule has 3 rings (SSSR count). The fourth-order valence-corrected chi connectivity index (χ4v) is 4.60. The van der Waals surface area contributed by atoms with Gasteiger partial charge in [0.05, 0.1) is 31.7 Å². The van der Waals surface area contributed by atoms with Crippen molar-refractivity contribution in [3.63, 3.8) is 0 Å². The average molecular weight is 523 g/mol. The van der Waals surface area contributed by atoms with Crippen molar-refractivity contribution in [3.8, 4) is 11.5 Å². The number of para-hydroxylation sites is 2. The van der Waals surface area contributed by atoms with Crippen LogP contribution in [0.2, 0.25) is 0 Å². The van der Waals surface area contributed by atoms with Gasteiger partial charge in [-0.2, -0.15) is 0 Å². The third-order valence-electron chi connectivity index (χ3n) is 6.26. The summed E-state index contributed by atoms with van der Waals surface area (Å²) < 4.78 is 12.6. The van der Waals surface area contributed by atoms with Crippen LogP contribution in [0.1, 0.15) is 45.5 Å². The van der Waals surface area contributed by atoms with Gasteiger partial charge in [-0.1, -0.05) is 45.9 Å². The summed E-state index contributed by atoms with van der Waals surface area (Å²) in [5.41, 5.74) is 2.70. The summed E-state index contributed by atoms with van der Waals surface area (Å²) in [6.07, 6.45) is 1.64. The van der Waals surface area contributed by atoms with E-state index in [1.165, 1.54) is 0 Å². The Bertz CT molecular complexity index is 1210. The van der Waals surface area contributed by atoms with Crippen LogP contribution in [-0.2, 0) is 29.0 Å². The van der Waals surface area contributed by atoms with Crippen molar-refractivity contribution in [1.82, 2.24) is 19.8 Å². The molecule has 1 heterocycles. The number of hydrogen-bond acceptors (Lipinski definition) is 5. The number of rotatable bonds is 14. The molecule has 38 heavy (non-hydrogen) atoms. The number of aryl methyl sites for hydroxylation is 1. The molecule has 0 fully saturated rings. The number of carbonyl (C=O) groups excluding carboxylic acids is 2. The fourth-order valence-electron chi connectivity index (χ4n) is 4.60. The zero-order valence-corrected chi connectivity index (χ0v) is 23.6. The first-order valence-corrected chi connectivity index (χ1v) is 13.4. The van der Waals surface area contributed by atoms with Gasteiger partial charge in [0, 0.05) is 26.1 Å². The van der Waals surface area contributed by atoms with Gasteiger partial charge in [-0.25, -0.2) is 4.98 Å². The number of fused-ring (bicyclic) bond motifs is 1. The van der Waals surface area contributed by atoms with Gasteiger partial charge in [-0.05, 0) is 48.1 Å². The molecule has 1 N–H and O–H groups in total. The van der Waals surface area contributed by atoms with Crippen LogP contribution in [0.25, 0.3) is 11.0 Å². The zero-order valence-electron chi connectivity index (χ0n) is 23.6. The molecule has 0 spiro atoms. The van der Waals surface area contributed by atoms with Crippen molar-refractivity contribution in [3.05, 3.63) is 53.9 Å². The normalized spacial score (nSPS) is 11.3. The lowest BCUT2D eigenvalue weighted by Gasteiger charge is -2.27. The van der Waals surface area contributed by atoms with E-state index in [2.05, 4.69) is 33.0 Å². The Morgan fingerprint density at radius 3 is 2.32 bits per heavy atom. The van der Waals surface area contributed by atoms with Crippen molar-refractivity contribution in [2.24, 2.45) is 11.8 Å². The van der Waals surface area contributed by atoms with Gasteiger partial charge >= 0.3 is 0 Å². The molecule has 2 amide bonds. The van der Waals surface area contributed by atoms with Crippen molar-refractivity contribution >= 4 is 22.8 Å². The monoisotopic (exact) mass is 522 g/mol. The summed E-state index contributed by atoms with van der Waals surface area (Å²) in [6.45, 7) is 10.8. The molecule has 206 valence electrons. The highest BCUT2D eigenvalue weighted by molar-refractivity contribution is 5.81. The Kier molecular flexibility index (Phi) is 10.6. The van der Waals surface area contributed by atoms with E-state index in [0.717, 1.165) is 41.9 Å². The summed E-state index contributed by atoms with van der Waals surface area (Å²) >= 11 is 0. The van der Waals surface area contributed by atoms with Crippen molar-refractivity contribution in [2.75, 3.05) is 33.9 Å². The second-order valence-electron chi connectivity index (χ2n) is 10.5. The van der Waals surface area contributed by atoms with Crippen LogP contribution in [0, 0.1) is 11.8 Å². The first kappa shape index (κ1) is 29.0. The number of methoxy groups -OCH3 is 2. The number of nitrogens with zero attached hydrogens (tertiary/aromatic N) is 3. The molecule has 8 nitrogen and oxygen atoms in total. The van der Waals surface area contributed by atoms with Gasteiger partial charge in [0.25, 0.3) is 0 Å². The number of nitrogens with one attached hydrogen (secondary N) is 1. The highest BCUT2D eigenvalue weighted by Gasteiger charge is 2.20. The first-order chi connectivity index (χ1) is 18.2. The van der Waals surface area contributed by atoms with Crippen LogP contribution in [0.4, 0.5) is 0 Å². The molecule has 0 bridgehead atoms. The number of aromatic nitrogens is 2. The van der Waals surface area contributed by atoms with E-state index in [1.54, 1.807) is 20.3 Å². The Morgan fingerprint density at radius 1 is 0.974 bits per heavy atom. The number of ether oxygens (including phenoxy) is 2. The van der Waals surface area contributed by atoms with Gasteiger partial charge < -0.3 is 24.3 Å². The molecule has 0 aliphatic carbocycles.